The van der Waals surface area contributed by atoms with Crippen LogP contribution in [0.1, 0.15) is 32.3 Å². The fourth-order valence-electron chi connectivity index (χ4n) is 1.99. The predicted molar refractivity (Wildman–Crippen MR) is 63.6 cm³/mol. The number of anilines is 1. The summed E-state index contributed by atoms with van der Waals surface area (Å²) in [5.74, 6) is 0.997. The van der Waals surface area contributed by atoms with Crippen LogP contribution in [0.2, 0.25) is 0 Å². The summed E-state index contributed by atoms with van der Waals surface area (Å²) >= 11 is 0. The lowest BCUT2D eigenvalue weighted by Gasteiger charge is -2.16. The molecule has 1 aromatic rings. The molecule has 2 nitrogen and oxygen atoms in total. The maximum Gasteiger partial charge on any atom is 0.121 e. The summed E-state index contributed by atoms with van der Waals surface area (Å²) in [4.78, 5) is 0. The first kappa shape index (κ1) is 10.3. The Hall–Kier alpha value is -1.18. The van der Waals surface area contributed by atoms with Gasteiger partial charge in [0.05, 0.1) is 6.10 Å². The van der Waals surface area contributed by atoms with Crippen molar-refractivity contribution in [1.82, 2.24) is 0 Å². The minimum absolute atomic E-state index is 0.351. The molecule has 1 N–H and O–H groups in total. The molecule has 0 fully saturated rings. The molecule has 0 bridgehead atoms. The largest absolute Gasteiger partial charge is 0.490 e. The van der Waals surface area contributed by atoms with Crippen LogP contribution in [0, 0.1) is 0 Å². The van der Waals surface area contributed by atoms with Gasteiger partial charge in [-0.2, -0.15) is 0 Å². The molecule has 0 aromatic heterocycles. The summed E-state index contributed by atoms with van der Waals surface area (Å²) in [7, 11) is 0. The average Bonchev–Trinajstić information content (AvgIpc) is 2.73. The number of fused-ring (bicyclic) bond motifs is 1. The highest BCUT2D eigenvalue weighted by atomic mass is 16.5. The number of hydrogen-bond acceptors (Lipinski definition) is 2. The van der Waals surface area contributed by atoms with E-state index < -0.39 is 0 Å². The van der Waals surface area contributed by atoms with Crippen LogP contribution in [0.3, 0.4) is 0 Å². The first-order valence-electron chi connectivity index (χ1n) is 5.87. The molecule has 0 amide bonds. The molecule has 82 valence electrons. The van der Waals surface area contributed by atoms with E-state index in [4.69, 9.17) is 4.74 Å². The van der Waals surface area contributed by atoms with Crippen LogP contribution in [-0.2, 0) is 6.42 Å². The zero-order chi connectivity index (χ0) is 10.7. The number of nitrogens with one attached hydrogen (secondary N) is 1. The summed E-state index contributed by atoms with van der Waals surface area (Å²) in [6, 6.07) is 6.39. The molecule has 1 aliphatic heterocycles. The molecular formula is C13H19NO. The minimum Gasteiger partial charge on any atom is -0.490 e. The normalized spacial score (nSPS) is 13.8. The molecule has 15 heavy (non-hydrogen) atoms. The van der Waals surface area contributed by atoms with Crippen LogP contribution < -0.4 is 10.1 Å². The van der Waals surface area contributed by atoms with E-state index in [-0.39, 0.29) is 0 Å². The molecule has 2 heteroatoms. The van der Waals surface area contributed by atoms with Gasteiger partial charge in [-0.15, -0.1) is 0 Å². The monoisotopic (exact) mass is 205 g/mol. The van der Waals surface area contributed by atoms with Crippen molar-refractivity contribution in [3.05, 3.63) is 23.8 Å². The highest BCUT2D eigenvalue weighted by molar-refractivity contribution is 5.58. The van der Waals surface area contributed by atoms with Crippen LogP contribution in [0.15, 0.2) is 18.2 Å². The van der Waals surface area contributed by atoms with Gasteiger partial charge in [0.15, 0.2) is 0 Å². The summed E-state index contributed by atoms with van der Waals surface area (Å²) in [5, 5.41) is 3.37. The van der Waals surface area contributed by atoms with Crippen LogP contribution in [0.25, 0.3) is 0 Å². The lowest BCUT2D eigenvalue weighted by atomic mass is 10.1. The zero-order valence-corrected chi connectivity index (χ0v) is 9.55. The molecule has 0 radical (unpaired) electrons. The SMILES string of the molecule is CCC(CC)Oc1ccc2c(c1)NCC2. The van der Waals surface area contributed by atoms with Gasteiger partial charge in [-0.1, -0.05) is 19.9 Å². The Morgan fingerprint density at radius 1 is 1.33 bits per heavy atom. The van der Waals surface area contributed by atoms with E-state index >= 15 is 0 Å². The third kappa shape index (κ3) is 2.25. The molecule has 0 unspecified atom stereocenters. The van der Waals surface area contributed by atoms with E-state index in [1.807, 2.05) is 0 Å². The van der Waals surface area contributed by atoms with E-state index in [0.29, 0.717) is 6.10 Å². The molecule has 2 rings (SSSR count). The van der Waals surface area contributed by atoms with Crippen molar-refractivity contribution in [2.75, 3.05) is 11.9 Å². The van der Waals surface area contributed by atoms with Gasteiger partial charge in [-0.25, -0.2) is 0 Å². The Morgan fingerprint density at radius 3 is 2.87 bits per heavy atom. The minimum atomic E-state index is 0.351. The second-order valence-corrected chi connectivity index (χ2v) is 4.05. The van der Waals surface area contributed by atoms with Crippen LogP contribution in [0.5, 0.6) is 5.75 Å². The number of rotatable bonds is 4. The predicted octanol–water partition coefficient (Wildman–Crippen LogP) is 3.22. The van der Waals surface area contributed by atoms with Crippen molar-refractivity contribution in [3.8, 4) is 5.75 Å². The van der Waals surface area contributed by atoms with E-state index in [1.54, 1.807) is 0 Å². The van der Waals surface area contributed by atoms with Crippen molar-refractivity contribution < 1.29 is 4.74 Å². The summed E-state index contributed by atoms with van der Waals surface area (Å²) in [6.45, 7) is 5.39. The first-order valence-corrected chi connectivity index (χ1v) is 5.87. The van der Waals surface area contributed by atoms with Crippen LogP contribution in [-0.4, -0.2) is 12.6 Å². The molecular weight excluding hydrogens is 186 g/mol. The summed E-state index contributed by atoms with van der Waals surface area (Å²) < 4.78 is 5.90. The highest BCUT2D eigenvalue weighted by Gasteiger charge is 2.11. The quantitative estimate of drug-likeness (QED) is 0.815. The molecule has 1 aromatic carbocycles. The van der Waals surface area contributed by atoms with Crippen molar-refractivity contribution in [2.45, 2.75) is 39.2 Å². The molecule has 0 spiro atoms. The van der Waals surface area contributed by atoms with Gasteiger partial charge in [0.1, 0.15) is 5.75 Å². The molecule has 0 saturated heterocycles. The first-order chi connectivity index (χ1) is 7.33. The third-order valence-electron chi connectivity index (χ3n) is 3.00. The van der Waals surface area contributed by atoms with Gasteiger partial charge >= 0.3 is 0 Å². The third-order valence-corrected chi connectivity index (χ3v) is 3.00. The molecule has 0 aliphatic carbocycles. The molecule has 1 heterocycles. The van der Waals surface area contributed by atoms with Gasteiger partial charge in [0.25, 0.3) is 0 Å². The average molecular weight is 205 g/mol. The lowest BCUT2D eigenvalue weighted by molar-refractivity contribution is 0.193. The lowest BCUT2D eigenvalue weighted by Crippen LogP contribution is -2.13. The second-order valence-electron chi connectivity index (χ2n) is 4.05. The van der Waals surface area contributed by atoms with Gasteiger partial charge in [0.2, 0.25) is 0 Å². The van der Waals surface area contributed by atoms with E-state index in [0.717, 1.165) is 31.6 Å². The van der Waals surface area contributed by atoms with E-state index in [9.17, 15) is 0 Å². The summed E-state index contributed by atoms with van der Waals surface area (Å²) in [5.41, 5.74) is 2.66. The van der Waals surface area contributed by atoms with Crippen molar-refractivity contribution in [2.24, 2.45) is 0 Å². The Labute approximate surface area is 91.6 Å². The fraction of sp³-hybridized carbons (Fsp3) is 0.538. The smallest absolute Gasteiger partial charge is 0.121 e. The maximum atomic E-state index is 5.90. The van der Waals surface area contributed by atoms with Crippen LogP contribution >= 0.6 is 0 Å². The maximum absolute atomic E-state index is 5.90. The van der Waals surface area contributed by atoms with Crippen molar-refractivity contribution in [1.29, 1.82) is 0 Å². The highest BCUT2D eigenvalue weighted by Crippen LogP contribution is 2.27. The van der Waals surface area contributed by atoms with Gasteiger partial charge in [-0.3, -0.25) is 0 Å². The van der Waals surface area contributed by atoms with Gasteiger partial charge in [-0.05, 0) is 30.9 Å². The van der Waals surface area contributed by atoms with Crippen LogP contribution in [0.4, 0.5) is 5.69 Å². The molecule has 0 saturated carbocycles. The number of ether oxygens (including phenoxy) is 1. The van der Waals surface area contributed by atoms with Crippen molar-refractivity contribution in [3.63, 3.8) is 0 Å². The van der Waals surface area contributed by atoms with E-state index in [1.165, 1.54) is 11.3 Å². The Morgan fingerprint density at radius 2 is 2.13 bits per heavy atom. The second kappa shape index (κ2) is 4.56. The summed E-state index contributed by atoms with van der Waals surface area (Å²) in [6.07, 6.45) is 3.63. The number of benzene rings is 1. The Kier molecular flexibility index (Phi) is 3.14. The standard InChI is InChI=1S/C13H19NO/c1-3-11(4-2)15-12-6-5-10-7-8-14-13(10)9-12/h5-6,9,11,14H,3-4,7-8H2,1-2H3. The van der Waals surface area contributed by atoms with Crippen molar-refractivity contribution >= 4 is 5.69 Å². The number of hydrogen-bond donors (Lipinski definition) is 1. The van der Waals surface area contributed by atoms with E-state index in [2.05, 4.69) is 37.4 Å². The fourth-order valence-corrected chi connectivity index (χ4v) is 1.99. The molecule has 1 aliphatic rings. The topological polar surface area (TPSA) is 21.3 Å². The zero-order valence-electron chi connectivity index (χ0n) is 9.55. The Balaban J connectivity index is 2.09. The molecule has 0 atom stereocenters. The van der Waals surface area contributed by atoms with Gasteiger partial charge in [0, 0.05) is 18.3 Å². The Bertz CT molecular complexity index is 331. The van der Waals surface area contributed by atoms with Gasteiger partial charge < -0.3 is 10.1 Å².